The summed E-state index contributed by atoms with van der Waals surface area (Å²) in [6.45, 7) is 4.16. The summed E-state index contributed by atoms with van der Waals surface area (Å²) < 4.78 is 1.63. The highest BCUT2D eigenvalue weighted by Gasteiger charge is 2.18. The van der Waals surface area contributed by atoms with Crippen LogP contribution >= 0.6 is 0 Å². The van der Waals surface area contributed by atoms with Crippen molar-refractivity contribution >= 4 is 11.9 Å². The van der Waals surface area contributed by atoms with Crippen LogP contribution in [0, 0.1) is 0 Å². The van der Waals surface area contributed by atoms with Crippen LogP contribution in [0.25, 0.3) is 0 Å². The maximum Gasteiger partial charge on any atom is 0.321 e. The van der Waals surface area contributed by atoms with E-state index in [1.54, 1.807) is 30.8 Å². The van der Waals surface area contributed by atoms with Crippen molar-refractivity contribution in [2.75, 3.05) is 6.54 Å². The van der Waals surface area contributed by atoms with Crippen LogP contribution < -0.4 is 16.4 Å². The van der Waals surface area contributed by atoms with Crippen molar-refractivity contribution in [2.24, 2.45) is 5.73 Å². The molecule has 0 radical (unpaired) electrons. The zero-order valence-electron chi connectivity index (χ0n) is 9.93. The van der Waals surface area contributed by atoms with E-state index in [1.165, 1.54) is 0 Å². The number of nitrogens with two attached hydrogens (primary N) is 1. The first kappa shape index (κ1) is 13.2. The number of hydrogen-bond acceptors (Lipinski definition) is 4. The normalized spacial score (nSPS) is 11.9. The van der Waals surface area contributed by atoms with Gasteiger partial charge in [0.2, 0.25) is 0 Å². The number of nitrogens with one attached hydrogen (secondary N) is 2. The summed E-state index contributed by atoms with van der Waals surface area (Å²) in [5.74, 6) is 0.201. The highest BCUT2D eigenvalue weighted by atomic mass is 16.2. The maximum absolute atomic E-state index is 11.7. The first-order chi connectivity index (χ1) is 8.10. The Morgan fingerprint density at radius 1 is 1.59 bits per heavy atom. The van der Waals surface area contributed by atoms with E-state index < -0.39 is 18.0 Å². The molecule has 17 heavy (non-hydrogen) atoms. The highest BCUT2D eigenvalue weighted by Crippen LogP contribution is 2.08. The predicted molar refractivity (Wildman–Crippen MR) is 62.0 cm³/mol. The van der Waals surface area contributed by atoms with Crippen molar-refractivity contribution < 1.29 is 9.59 Å². The summed E-state index contributed by atoms with van der Waals surface area (Å²) in [6, 6.07) is -1.03. The van der Waals surface area contributed by atoms with E-state index in [-0.39, 0.29) is 6.54 Å². The monoisotopic (exact) mass is 239 g/mol. The minimum Gasteiger partial charge on any atom is -0.338 e. The molecule has 0 spiro atoms. The molecule has 0 aliphatic carbocycles. The van der Waals surface area contributed by atoms with Gasteiger partial charge in [-0.2, -0.15) is 0 Å². The second kappa shape index (κ2) is 6.00. The topological polar surface area (TPSA) is 102 Å². The standard InChI is InChI=1S/C10H17N5O2/c1-3-12-10(17)14-9(16)7(2)15-5-4-13-8(15)6-11/h4-5,7H,3,6,11H2,1-2H3,(H2,12,14,16,17). The van der Waals surface area contributed by atoms with Gasteiger partial charge in [0, 0.05) is 18.9 Å². The average Bonchev–Trinajstić information content (AvgIpc) is 2.76. The molecule has 94 valence electrons. The second-order valence-electron chi connectivity index (χ2n) is 3.48. The van der Waals surface area contributed by atoms with E-state index in [9.17, 15) is 9.59 Å². The molecule has 0 bridgehead atoms. The lowest BCUT2D eigenvalue weighted by molar-refractivity contribution is -0.122. The Labute approximate surface area is 99.4 Å². The molecule has 1 unspecified atom stereocenters. The second-order valence-corrected chi connectivity index (χ2v) is 3.48. The molecule has 4 N–H and O–H groups in total. The fraction of sp³-hybridized carbons (Fsp3) is 0.500. The number of urea groups is 1. The third-order valence-electron chi connectivity index (χ3n) is 2.30. The Morgan fingerprint density at radius 3 is 2.88 bits per heavy atom. The number of nitrogens with zero attached hydrogens (tertiary/aromatic N) is 2. The SMILES string of the molecule is CCNC(=O)NC(=O)C(C)n1ccnc1CN. The van der Waals surface area contributed by atoms with Gasteiger partial charge in [0.25, 0.3) is 5.91 Å². The highest BCUT2D eigenvalue weighted by molar-refractivity contribution is 5.96. The summed E-state index contributed by atoms with van der Waals surface area (Å²) in [4.78, 5) is 26.9. The lowest BCUT2D eigenvalue weighted by Gasteiger charge is -2.15. The Hall–Kier alpha value is -1.89. The third-order valence-corrected chi connectivity index (χ3v) is 2.30. The molecule has 0 aliphatic rings. The molecular formula is C10H17N5O2. The van der Waals surface area contributed by atoms with Gasteiger partial charge in [-0.25, -0.2) is 9.78 Å². The number of hydrogen-bond donors (Lipinski definition) is 3. The van der Waals surface area contributed by atoms with E-state index in [0.29, 0.717) is 12.4 Å². The molecule has 0 saturated carbocycles. The van der Waals surface area contributed by atoms with Crippen molar-refractivity contribution in [1.29, 1.82) is 0 Å². The number of imide groups is 1. The van der Waals surface area contributed by atoms with Gasteiger partial charge in [-0.15, -0.1) is 0 Å². The first-order valence-corrected chi connectivity index (χ1v) is 5.40. The Balaban J connectivity index is 2.67. The van der Waals surface area contributed by atoms with E-state index >= 15 is 0 Å². The lowest BCUT2D eigenvalue weighted by Crippen LogP contribution is -2.42. The van der Waals surface area contributed by atoms with Crippen molar-refractivity contribution in [1.82, 2.24) is 20.2 Å². The number of aromatic nitrogens is 2. The summed E-state index contributed by atoms with van der Waals surface area (Å²) in [7, 11) is 0. The van der Waals surface area contributed by atoms with E-state index in [4.69, 9.17) is 5.73 Å². The molecule has 1 aromatic rings. The summed E-state index contributed by atoms with van der Waals surface area (Å²) in [6.07, 6.45) is 3.22. The Kier molecular flexibility index (Phi) is 4.65. The fourth-order valence-electron chi connectivity index (χ4n) is 1.40. The quantitative estimate of drug-likeness (QED) is 0.674. The number of amides is 3. The van der Waals surface area contributed by atoms with Gasteiger partial charge >= 0.3 is 6.03 Å². The van der Waals surface area contributed by atoms with Crippen LogP contribution in [-0.4, -0.2) is 28.0 Å². The van der Waals surface area contributed by atoms with E-state index in [2.05, 4.69) is 15.6 Å². The molecule has 7 heteroatoms. The zero-order chi connectivity index (χ0) is 12.8. The van der Waals surface area contributed by atoms with Gasteiger partial charge in [0.05, 0.1) is 6.54 Å². The van der Waals surface area contributed by atoms with Crippen molar-refractivity contribution in [3.8, 4) is 0 Å². The van der Waals surface area contributed by atoms with Crippen molar-refractivity contribution in [2.45, 2.75) is 26.4 Å². The van der Waals surface area contributed by atoms with Crippen LogP contribution in [0.5, 0.6) is 0 Å². The Morgan fingerprint density at radius 2 is 2.29 bits per heavy atom. The van der Waals surface area contributed by atoms with Crippen LogP contribution in [0.4, 0.5) is 4.79 Å². The smallest absolute Gasteiger partial charge is 0.321 e. The zero-order valence-corrected chi connectivity index (χ0v) is 9.93. The summed E-state index contributed by atoms with van der Waals surface area (Å²) in [5.41, 5.74) is 5.49. The van der Waals surface area contributed by atoms with E-state index in [1.807, 2.05) is 0 Å². The number of imidazole rings is 1. The Bertz CT molecular complexity index is 401. The number of carbonyl (C=O) groups excluding carboxylic acids is 2. The maximum atomic E-state index is 11.7. The van der Waals surface area contributed by atoms with Crippen LogP contribution in [-0.2, 0) is 11.3 Å². The average molecular weight is 239 g/mol. The first-order valence-electron chi connectivity index (χ1n) is 5.40. The minimum atomic E-state index is -0.529. The number of carbonyl (C=O) groups is 2. The molecule has 0 saturated heterocycles. The van der Waals surface area contributed by atoms with Gasteiger partial charge in [-0.1, -0.05) is 0 Å². The van der Waals surface area contributed by atoms with Gasteiger partial charge < -0.3 is 15.6 Å². The summed E-state index contributed by atoms with van der Waals surface area (Å²) in [5, 5.41) is 4.73. The van der Waals surface area contributed by atoms with Crippen molar-refractivity contribution in [3.05, 3.63) is 18.2 Å². The van der Waals surface area contributed by atoms with E-state index in [0.717, 1.165) is 0 Å². The van der Waals surface area contributed by atoms with Gasteiger partial charge in [-0.05, 0) is 13.8 Å². The van der Waals surface area contributed by atoms with Crippen molar-refractivity contribution in [3.63, 3.8) is 0 Å². The molecule has 3 amide bonds. The lowest BCUT2D eigenvalue weighted by atomic mass is 10.3. The molecular weight excluding hydrogens is 222 g/mol. The van der Waals surface area contributed by atoms with Gasteiger partial charge in [0.1, 0.15) is 11.9 Å². The molecule has 0 aromatic carbocycles. The fourth-order valence-corrected chi connectivity index (χ4v) is 1.40. The van der Waals surface area contributed by atoms with Gasteiger partial charge in [0.15, 0.2) is 0 Å². The third kappa shape index (κ3) is 3.28. The van der Waals surface area contributed by atoms with Crippen LogP contribution in [0.2, 0.25) is 0 Å². The molecule has 0 fully saturated rings. The minimum absolute atomic E-state index is 0.242. The number of rotatable bonds is 4. The molecule has 0 aliphatic heterocycles. The van der Waals surface area contributed by atoms with Gasteiger partial charge in [-0.3, -0.25) is 10.1 Å². The summed E-state index contributed by atoms with van der Waals surface area (Å²) >= 11 is 0. The van der Waals surface area contributed by atoms with Crippen LogP contribution in [0.3, 0.4) is 0 Å². The largest absolute Gasteiger partial charge is 0.338 e. The van der Waals surface area contributed by atoms with Crippen LogP contribution in [0.15, 0.2) is 12.4 Å². The van der Waals surface area contributed by atoms with Crippen LogP contribution in [0.1, 0.15) is 25.7 Å². The molecule has 1 atom stereocenters. The molecule has 1 rings (SSSR count). The predicted octanol–water partition coefficient (Wildman–Crippen LogP) is -0.251. The molecule has 1 heterocycles. The molecule has 7 nitrogen and oxygen atoms in total. The molecule has 1 aromatic heterocycles.